The summed E-state index contributed by atoms with van der Waals surface area (Å²) in [6.07, 6.45) is 2.80. The highest BCUT2D eigenvalue weighted by Gasteiger charge is 2.04. The number of hydrogen-bond acceptors (Lipinski definition) is 1. The third-order valence-corrected chi connectivity index (χ3v) is 3.78. The summed E-state index contributed by atoms with van der Waals surface area (Å²) in [5, 5.41) is 5.83. The molecule has 0 unspecified atom stereocenters. The fourth-order valence-corrected chi connectivity index (χ4v) is 2.38. The Morgan fingerprint density at radius 3 is 2.27 bits per heavy atom. The summed E-state index contributed by atoms with van der Waals surface area (Å²) in [6.45, 7) is 4.86. The molecule has 0 fully saturated rings. The highest BCUT2D eigenvalue weighted by molar-refractivity contribution is 5.90. The normalized spacial score (nSPS) is 10.3. The van der Waals surface area contributed by atoms with Gasteiger partial charge in [-0.25, -0.2) is 4.79 Å². The summed E-state index contributed by atoms with van der Waals surface area (Å²) in [4.78, 5) is 11.9. The van der Waals surface area contributed by atoms with E-state index in [1.165, 1.54) is 11.1 Å². The zero-order valence-corrected chi connectivity index (χ0v) is 13.4. The van der Waals surface area contributed by atoms with Crippen LogP contribution in [-0.4, -0.2) is 12.6 Å². The van der Waals surface area contributed by atoms with Crippen LogP contribution in [0.4, 0.5) is 10.5 Å². The number of aryl methyl sites for hydroxylation is 2. The summed E-state index contributed by atoms with van der Waals surface area (Å²) in [6, 6.07) is 16.3. The van der Waals surface area contributed by atoms with Crippen molar-refractivity contribution in [2.45, 2.75) is 33.1 Å². The number of urea groups is 1. The van der Waals surface area contributed by atoms with Crippen LogP contribution < -0.4 is 10.6 Å². The number of carbonyl (C=O) groups excluding carboxylic acids is 1. The minimum atomic E-state index is -0.147. The number of nitrogens with one attached hydrogen (secondary N) is 2. The van der Waals surface area contributed by atoms with Gasteiger partial charge in [-0.15, -0.1) is 0 Å². The molecule has 2 aromatic rings. The molecule has 0 aliphatic rings. The van der Waals surface area contributed by atoms with Crippen molar-refractivity contribution >= 4 is 11.7 Å². The van der Waals surface area contributed by atoms with Crippen molar-refractivity contribution in [3.05, 3.63) is 65.2 Å². The van der Waals surface area contributed by atoms with Crippen LogP contribution in [0.1, 0.15) is 30.5 Å². The van der Waals surface area contributed by atoms with Gasteiger partial charge in [0.1, 0.15) is 0 Å². The lowest BCUT2D eigenvalue weighted by atomic mass is 10.1. The van der Waals surface area contributed by atoms with Crippen molar-refractivity contribution in [1.82, 2.24) is 5.32 Å². The molecule has 0 aromatic heterocycles. The standard InChI is InChI=1S/C19H24N2O/c1-3-15-9-11-16(12-10-15)13-14-20-19(22)21-18-8-6-5-7-17(18)4-2/h5-12H,3-4,13-14H2,1-2H3,(H2,20,21,22). The Morgan fingerprint density at radius 1 is 0.909 bits per heavy atom. The Morgan fingerprint density at radius 2 is 1.59 bits per heavy atom. The molecular formula is C19H24N2O. The van der Waals surface area contributed by atoms with Crippen LogP contribution >= 0.6 is 0 Å². The molecule has 0 bridgehead atoms. The van der Waals surface area contributed by atoms with Gasteiger partial charge in [0.25, 0.3) is 0 Å². The fraction of sp³-hybridized carbons (Fsp3) is 0.316. The predicted octanol–water partition coefficient (Wildman–Crippen LogP) is 4.18. The van der Waals surface area contributed by atoms with E-state index in [0.717, 1.165) is 30.5 Å². The van der Waals surface area contributed by atoms with Crippen molar-refractivity contribution in [3.63, 3.8) is 0 Å². The molecule has 2 rings (SSSR count). The third-order valence-electron chi connectivity index (χ3n) is 3.78. The molecule has 0 aliphatic heterocycles. The topological polar surface area (TPSA) is 41.1 Å². The number of hydrogen-bond donors (Lipinski definition) is 2. The lowest BCUT2D eigenvalue weighted by molar-refractivity contribution is 0.252. The van der Waals surface area contributed by atoms with Crippen molar-refractivity contribution in [1.29, 1.82) is 0 Å². The highest BCUT2D eigenvalue weighted by Crippen LogP contribution is 2.15. The monoisotopic (exact) mass is 296 g/mol. The van der Waals surface area contributed by atoms with Gasteiger partial charge in [-0.05, 0) is 42.0 Å². The smallest absolute Gasteiger partial charge is 0.319 e. The van der Waals surface area contributed by atoms with Gasteiger partial charge in [0.2, 0.25) is 0 Å². The van der Waals surface area contributed by atoms with E-state index in [9.17, 15) is 4.79 Å². The highest BCUT2D eigenvalue weighted by atomic mass is 16.2. The summed E-state index contributed by atoms with van der Waals surface area (Å²) >= 11 is 0. The number of amides is 2. The van der Waals surface area contributed by atoms with Crippen molar-refractivity contribution in [2.75, 3.05) is 11.9 Å². The Bertz CT molecular complexity index is 605. The van der Waals surface area contributed by atoms with E-state index in [-0.39, 0.29) is 6.03 Å². The number of rotatable bonds is 6. The third kappa shape index (κ3) is 4.62. The molecule has 0 radical (unpaired) electrons. The maximum Gasteiger partial charge on any atom is 0.319 e. The van der Waals surface area contributed by atoms with Crippen LogP contribution in [-0.2, 0) is 19.3 Å². The molecule has 22 heavy (non-hydrogen) atoms. The molecule has 0 heterocycles. The number of para-hydroxylation sites is 1. The molecule has 3 heteroatoms. The number of carbonyl (C=O) groups is 1. The Balaban J connectivity index is 1.80. The first-order valence-electron chi connectivity index (χ1n) is 7.93. The van der Waals surface area contributed by atoms with Gasteiger partial charge in [-0.3, -0.25) is 0 Å². The minimum Gasteiger partial charge on any atom is -0.338 e. The second kappa shape index (κ2) is 8.23. The van der Waals surface area contributed by atoms with Crippen molar-refractivity contribution in [2.24, 2.45) is 0 Å². The maximum absolute atomic E-state index is 11.9. The van der Waals surface area contributed by atoms with E-state index in [0.29, 0.717) is 6.54 Å². The first kappa shape index (κ1) is 16.1. The van der Waals surface area contributed by atoms with E-state index in [1.54, 1.807) is 0 Å². The molecule has 0 aliphatic carbocycles. The summed E-state index contributed by atoms with van der Waals surface area (Å²) in [7, 11) is 0. The molecular weight excluding hydrogens is 272 g/mol. The Hall–Kier alpha value is -2.29. The van der Waals surface area contributed by atoms with Crippen molar-refractivity contribution < 1.29 is 4.79 Å². The second-order valence-electron chi connectivity index (χ2n) is 5.31. The van der Waals surface area contributed by atoms with Gasteiger partial charge < -0.3 is 10.6 Å². The fourth-order valence-electron chi connectivity index (χ4n) is 2.38. The zero-order valence-electron chi connectivity index (χ0n) is 13.4. The SMILES string of the molecule is CCc1ccc(CCNC(=O)Nc2ccccc2CC)cc1. The molecule has 3 nitrogen and oxygen atoms in total. The summed E-state index contributed by atoms with van der Waals surface area (Å²) in [5.41, 5.74) is 4.61. The zero-order chi connectivity index (χ0) is 15.8. The quantitative estimate of drug-likeness (QED) is 0.825. The largest absolute Gasteiger partial charge is 0.338 e. The average molecular weight is 296 g/mol. The molecule has 2 aromatic carbocycles. The maximum atomic E-state index is 11.9. The molecule has 0 saturated carbocycles. The lowest BCUT2D eigenvalue weighted by Gasteiger charge is -2.11. The van der Waals surface area contributed by atoms with Gasteiger partial charge in [-0.1, -0.05) is 56.3 Å². The van der Waals surface area contributed by atoms with E-state index >= 15 is 0 Å². The first-order chi connectivity index (χ1) is 10.7. The summed E-state index contributed by atoms with van der Waals surface area (Å²) in [5.74, 6) is 0. The number of benzene rings is 2. The Kier molecular flexibility index (Phi) is 6.01. The molecule has 116 valence electrons. The van der Waals surface area contributed by atoms with Gasteiger partial charge in [0.05, 0.1) is 0 Å². The second-order valence-corrected chi connectivity index (χ2v) is 5.31. The van der Waals surface area contributed by atoms with Crippen LogP contribution in [0.15, 0.2) is 48.5 Å². The van der Waals surface area contributed by atoms with Gasteiger partial charge in [-0.2, -0.15) is 0 Å². The Labute approximate surface area is 132 Å². The molecule has 0 spiro atoms. The predicted molar refractivity (Wildman–Crippen MR) is 92.4 cm³/mol. The van der Waals surface area contributed by atoms with Crippen LogP contribution in [0.25, 0.3) is 0 Å². The average Bonchev–Trinajstić information content (AvgIpc) is 2.56. The minimum absolute atomic E-state index is 0.147. The van der Waals surface area contributed by atoms with E-state index in [2.05, 4.69) is 48.7 Å². The summed E-state index contributed by atoms with van der Waals surface area (Å²) < 4.78 is 0. The van der Waals surface area contributed by atoms with Crippen LogP contribution in [0.3, 0.4) is 0 Å². The van der Waals surface area contributed by atoms with Gasteiger partial charge in [0.15, 0.2) is 0 Å². The number of anilines is 1. The van der Waals surface area contributed by atoms with Crippen molar-refractivity contribution in [3.8, 4) is 0 Å². The molecule has 2 N–H and O–H groups in total. The first-order valence-corrected chi connectivity index (χ1v) is 7.93. The lowest BCUT2D eigenvalue weighted by Crippen LogP contribution is -2.30. The van der Waals surface area contributed by atoms with Gasteiger partial charge >= 0.3 is 6.03 Å². The molecule has 2 amide bonds. The van der Waals surface area contributed by atoms with E-state index < -0.39 is 0 Å². The molecule has 0 saturated heterocycles. The molecule has 0 atom stereocenters. The van der Waals surface area contributed by atoms with E-state index in [1.807, 2.05) is 24.3 Å². The van der Waals surface area contributed by atoms with Crippen LogP contribution in [0, 0.1) is 0 Å². The van der Waals surface area contributed by atoms with Crippen LogP contribution in [0.2, 0.25) is 0 Å². The van der Waals surface area contributed by atoms with Crippen LogP contribution in [0.5, 0.6) is 0 Å². The van der Waals surface area contributed by atoms with E-state index in [4.69, 9.17) is 0 Å². The van der Waals surface area contributed by atoms with Gasteiger partial charge in [0, 0.05) is 12.2 Å².